The smallest absolute Gasteiger partial charge is 0.311 e. The molecule has 1 rings (SSSR count). The van der Waals surface area contributed by atoms with E-state index in [2.05, 4.69) is 11.1 Å². The second-order valence-electron chi connectivity index (χ2n) is 3.01. The van der Waals surface area contributed by atoms with Crippen molar-refractivity contribution in [2.24, 2.45) is 11.5 Å². The Labute approximate surface area is 73.7 Å². The molecule has 0 spiro atoms. The minimum absolute atomic E-state index is 0.495. The molecule has 0 atom stereocenters. The number of rotatable bonds is 0. The van der Waals surface area contributed by atoms with Gasteiger partial charge in [0, 0.05) is 13.1 Å². The number of nitrogens with two attached hydrogens (primary N) is 2. The van der Waals surface area contributed by atoms with Gasteiger partial charge in [-0.3, -0.25) is 0 Å². The van der Waals surface area contributed by atoms with Crippen LogP contribution < -0.4 is 16.8 Å². The van der Waals surface area contributed by atoms with Crippen molar-refractivity contribution in [3.8, 4) is 0 Å². The number of amides is 2. The Bertz CT molecular complexity index is 121. The molecular weight excluding hydrogens is 154 g/mol. The summed E-state index contributed by atoms with van der Waals surface area (Å²) in [5.41, 5.74) is 10.2. The van der Waals surface area contributed by atoms with Crippen molar-refractivity contribution in [1.82, 2.24) is 5.32 Å². The maximum absolute atomic E-state index is 9.48. The molecule has 0 aliphatic heterocycles. The maximum atomic E-state index is 9.48. The van der Waals surface area contributed by atoms with Gasteiger partial charge in [-0.25, -0.2) is 4.79 Å². The van der Waals surface area contributed by atoms with E-state index < -0.39 is 6.03 Å². The van der Waals surface area contributed by atoms with Crippen molar-refractivity contribution in [3.63, 3.8) is 0 Å². The van der Waals surface area contributed by atoms with Gasteiger partial charge in [0.05, 0.1) is 0 Å². The van der Waals surface area contributed by atoms with E-state index in [0.29, 0.717) is 6.04 Å². The Morgan fingerprint density at radius 1 is 1.33 bits per heavy atom. The Kier molecular flexibility index (Phi) is 6.47. The van der Waals surface area contributed by atoms with E-state index in [9.17, 15) is 4.79 Å². The number of carbonyl (C=O) groups excluding carboxylic acids is 1. The van der Waals surface area contributed by atoms with E-state index in [4.69, 9.17) is 5.73 Å². The molecule has 2 amide bonds. The van der Waals surface area contributed by atoms with E-state index in [-0.39, 0.29) is 0 Å². The second-order valence-corrected chi connectivity index (χ2v) is 3.01. The van der Waals surface area contributed by atoms with E-state index in [1.54, 1.807) is 0 Å². The summed E-state index contributed by atoms with van der Waals surface area (Å²) in [7, 11) is 1.47. The fourth-order valence-corrected chi connectivity index (χ4v) is 1.13. The van der Waals surface area contributed by atoms with Gasteiger partial charge in [0.1, 0.15) is 0 Å². The lowest BCUT2D eigenvalue weighted by molar-refractivity contribution is 0.251. The van der Waals surface area contributed by atoms with E-state index in [1.807, 2.05) is 0 Å². The highest BCUT2D eigenvalue weighted by Gasteiger charge is 2.06. The minimum Gasteiger partial charge on any atom is -0.352 e. The number of hydrogen-bond acceptors (Lipinski definition) is 2. The Morgan fingerprint density at radius 3 is 1.92 bits per heavy atom. The Morgan fingerprint density at radius 2 is 1.75 bits per heavy atom. The van der Waals surface area contributed by atoms with Crippen LogP contribution >= 0.6 is 0 Å². The van der Waals surface area contributed by atoms with Gasteiger partial charge in [0.25, 0.3) is 0 Å². The maximum Gasteiger partial charge on any atom is 0.311 e. The second kappa shape index (κ2) is 6.91. The monoisotopic (exact) mass is 173 g/mol. The molecule has 0 unspecified atom stereocenters. The van der Waals surface area contributed by atoms with Crippen molar-refractivity contribution in [3.05, 3.63) is 0 Å². The van der Waals surface area contributed by atoms with Gasteiger partial charge in [-0.05, 0) is 12.8 Å². The van der Waals surface area contributed by atoms with E-state index in [0.717, 1.165) is 0 Å². The van der Waals surface area contributed by atoms with Crippen LogP contribution in [0.3, 0.4) is 0 Å². The topological polar surface area (TPSA) is 81.1 Å². The number of carbonyl (C=O) groups is 1. The van der Waals surface area contributed by atoms with Crippen LogP contribution in [0.15, 0.2) is 0 Å². The zero-order valence-corrected chi connectivity index (χ0v) is 7.68. The molecule has 0 radical (unpaired) electrons. The molecule has 0 aromatic heterocycles. The summed E-state index contributed by atoms with van der Waals surface area (Å²) >= 11 is 0. The first-order chi connectivity index (χ1) is 5.66. The highest BCUT2D eigenvalue weighted by molar-refractivity contribution is 5.71. The molecule has 4 nitrogen and oxygen atoms in total. The third-order valence-electron chi connectivity index (χ3n) is 1.90. The van der Waals surface area contributed by atoms with Crippen LogP contribution in [0.5, 0.6) is 0 Å². The number of primary amides is 1. The number of urea groups is 1. The Hall–Kier alpha value is -0.770. The van der Waals surface area contributed by atoms with E-state index in [1.165, 1.54) is 39.2 Å². The quantitative estimate of drug-likeness (QED) is 0.500. The molecule has 4 heteroatoms. The molecular formula is C8H19N3O. The van der Waals surface area contributed by atoms with Gasteiger partial charge in [-0.2, -0.15) is 0 Å². The van der Waals surface area contributed by atoms with Crippen molar-refractivity contribution >= 4 is 6.03 Å². The highest BCUT2D eigenvalue weighted by Crippen LogP contribution is 2.14. The van der Waals surface area contributed by atoms with Crippen molar-refractivity contribution in [2.45, 2.75) is 38.1 Å². The van der Waals surface area contributed by atoms with Gasteiger partial charge >= 0.3 is 6.03 Å². The van der Waals surface area contributed by atoms with Crippen LogP contribution in [0.2, 0.25) is 0 Å². The first-order valence-electron chi connectivity index (χ1n) is 4.39. The summed E-state index contributed by atoms with van der Waals surface area (Å²) in [4.78, 5) is 9.48. The third kappa shape index (κ3) is 7.34. The van der Waals surface area contributed by atoms with E-state index >= 15 is 0 Å². The van der Waals surface area contributed by atoms with Crippen molar-refractivity contribution in [1.29, 1.82) is 0 Å². The zero-order valence-electron chi connectivity index (χ0n) is 7.68. The van der Waals surface area contributed by atoms with Gasteiger partial charge in [-0.15, -0.1) is 0 Å². The predicted molar refractivity (Wildman–Crippen MR) is 49.7 cm³/mol. The molecule has 0 saturated heterocycles. The molecule has 1 aliphatic carbocycles. The molecule has 0 bridgehead atoms. The predicted octanol–water partition coefficient (Wildman–Crippen LogP) is 0.562. The molecule has 1 fully saturated rings. The molecule has 1 saturated carbocycles. The van der Waals surface area contributed by atoms with Crippen LogP contribution in [0, 0.1) is 0 Å². The van der Waals surface area contributed by atoms with Gasteiger partial charge in [-0.1, -0.05) is 19.3 Å². The van der Waals surface area contributed by atoms with Gasteiger partial charge in [0.15, 0.2) is 0 Å². The summed E-state index contributed by atoms with van der Waals surface area (Å²) in [6.45, 7) is 0. The van der Waals surface area contributed by atoms with Crippen LogP contribution in [0.25, 0.3) is 0 Å². The molecule has 0 heterocycles. The highest BCUT2D eigenvalue weighted by atomic mass is 16.2. The standard InChI is InChI=1S/C6H13N.C2H6N2O/c7-6-4-2-1-3-5-6;1-4-2(3)5/h6H,1-5,7H2;1H3,(H3,3,4,5). The lowest BCUT2D eigenvalue weighted by Gasteiger charge is -2.15. The molecule has 0 aromatic rings. The van der Waals surface area contributed by atoms with Crippen molar-refractivity contribution in [2.75, 3.05) is 7.05 Å². The zero-order chi connectivity index (χ0) is 9.40. The molecule has 1 aliphatic rings. The average Bonchev–Trinajstić information content (AvgIpc) is 2.07. The molecule has 72 valence electrons. The fourth-order valence-electron chi connectivity index (χ4n) is 1.13. The summed E-state index contributed by atoms with van der Waals surface area (Å²) in [6, 6.07) is 0.0405. The first kappa shape index (κ1) is 11.2. The van der Waals surface area contributed by atoms with Crippen LogP contribution in [-0.4, -0.2) is 19.1 Å². The molecule has 0 aromatic carbocycles. The van der Waals surface area contributed by atoms with Gasteiger partial charge < -0.3 is 16.8 Å². The third-order valence-corrected chi connectivity index (χ3v) is 1.90. The lowest BCUT2D eigenvalue weighted by Crippen LogP contribution is -2.24. The lowest BCUT2D eigenvalue weighted by atomic mass is 9.97. The number of hydrogen-bond donors (Lipinski definition) is 3. The fraction of sp³-hybridized carbons (Fsp3) is 0.875. The van der Waals surface area contributed by atoms with Crippen LogP contribution in [0.1, 0.15) is 32.1 Å². The summed E-state index contributed by atoms with van der Waals surface area (Å²) in [6.07, 6.45) is 6.66. The summed E-state index contributed by atoms with van der Waals surface area (Å²) < 4.78 is 0. The molecule has 12 heavy (non-hydrogen) atoms. The normalized spacial score (nSPS) is 17.5. The number of nitrogens with one attached hydrogen (secondary N) is 1. The first-order valence-corrected chi connectivity index (χ1v) is 4.39. The largest absolute Gasteiger partial charge is 0.352 e. The minimum atomic E-state index is -0.495. The molecule has 5 N–H and O–H groups in total. The average molecular weight is 173 g/mol. The Balaban J connectivity index is 0.000000217. The summed E-state index contributed by atoms with van der Waals surface area (Å²) in [5.74, 6) is 0. The SMILES string of the molecule is CNC(N)=O.NC1CCCCC1. The van der Waals surface area contributed by atoms with Gasteiger partial charge in [0.2, 0.25) is 0 Å². The van der Waals surface area contributed by atoms with Crippen LogP contribution in [0.4, 0.5) is 4.79 Å². The van der Waals surface area contributed by atoms with Crippen LogP contribution in [-0.2, 0) is 0 Å². The summed E-state index contributed by atoms with van der Waals surface area (Å²) in [5, 5.41) is 2.17. The van der Waals surface area contributed by atoms with Crippen molar-refractivity contribution < 1.29 is 4.79 Å².